The van der Waals surface area contributed by atoms with E-state index < -0.39 is 6.04 Å². The molecule has 0 saturated carbocycles. The lowest BCUT2D eigenvalue weighted by atomic mass is 9.94. The summed E-state index contributed by atoms with van der Waals surface area (Å²) in [6.45, 7) is 6.00. The van der Waals surface area contributed by atoms with E-state index in [0.717, 1.165) is 33.0 Å². The van der Waals surface area contributed by atoms with Crippen LogP contribution in [0.25, 0.3) is 0 Å². The van der Waals surface area contributed by atoms with Gasteiger partial charge in [-0.05, 0) is 49.4 Å². The van der Waals surface area contributed by atoms with Crippen molar-refractivity contribution in [3.63, 3.8) is 0 Å². The summed E-state index contributed by atoms with van der Waals surface area (Å²) in [4.78, 5) is 11.7. The van der Waals surface area contributed by atoms with Crippen LogP contribution in [-0.4, -0.2) is 31.1 Å². The molecule has 106 valence electrons. The van der Waals surface area contributed by atoms with Crippen molar-refractivity contribution in [3.05, 3.63) is 28.3 Å². The number of nitrogens with zero attached hydrogens (tertiary/aromatic N) is 1. The number of likely N-dealkylation sites (N-methyl/N-ethyl adjacent to an activating group) is 1. The molecule has 0 aliphatic rings. The van der Waals surface area contributed by atoms with Crippen LogP contribution in [0.5, 0.6) is 5.75 Å². The van der Waals surface area contributed by atoms with Crippen molar-refractivity contribution >= 4 is 5.91 Å². The molecule has 1 unspecified atom stereocenters. The van der Waals surface area contributed by atoms with Crippen molar-refractivity contribution in [3.8, 4) is 5.75 Å². The maximum Gasteiger partial charge on any atom is 0.253 e. The van der Waals surface area contributed by atoms with Gasteiger partial charge < -0.3 is 10.5 Å². The van der Waals surface area contributed by atoms with E-state index in [1.54, 1.807) is 7.11 Å². The van der Waals surface area contributed by atoms with E-state index in [-0.39, 0.29) is 5.91 Å². The highest BCUT2D eigenvalue weighted by Crippen LogP contribution is 2.29. The van der Waals surface area contributed by atoms with Gasteiger partial charge in [0.1, 0.15) is 5.75 Å². The molecule has 0 fully saturated rings. The van der Waals surface area contributed by atoms with Crippen molar-refractivity contribution in [2.24, 2.45) is 11.6 Å². The molecule has 0 bridgehead atoms. The smallest absolute Gasteiger partial charge is 0.253 e. The summed E-state index contributed by atoms with van der Waals surface area (Å²) >= 11 is 0. The Hall–Kier alpha value is -1.59. The molecule has 19 heavy (non-hydrogen) atoms. The molecule has 1 aromatic rings. The summed E-state index contributed by atoms with van der Waals surface area (Å²) in [5, 5.41) is 1.03. The minimum atomic E-state index is -0.624. The summed E-state index contributed by atoms with van der Waals surface area (Å²) in [5.74, 6) is 6.03. The SMILES string of the molecule is COc1c(C)cc(CC(N)C(=O)N(C)N)c(C)c1C. The molecule has 5 nitrogen and oxygen atoms in total. The Morgan fingerprint density at radius 3 is 2.42 bits per heavy atom. The Kier molecular flexibility index (Phi) is 4.91. The third-order valence-corrected chi connectivity index (χ3v) is 3.44. The normalized spacial score (nSPS) is 12.2. The number of rotatable bonds is 4. The largest absolute Gasteiger partial charge is 0.496 e. The number of hydrazine groups is 1. The van der Waals surface area contributed by atoms with E-state index in [1.165, 1.54) is 7.05 Å². The number of benzene rings is 1. The van der Waals surface area contributed by atoms with Crippen molar-refractivity contribution < 1.29 is 9.53 Å². The van der Waals surface area contributed by atoms with Crippen LogP contribution in [0.4, 0.5) is 0 Å². The molecule has 5 heteroatoms. The van der Waals surface area contributed by atoms with Crippen molar-refractivity contribution in [1.29, 1.82) is 0 Å². The zero-order valence-electron chi connectivity index (χ0n) is 12.3. The fourth-order valence-electron chi connectivity index (χ4n) is 2.25. The number of methoxy groups -OCH3 is 1. The van der Waals surface area contributed by atoms with Crippen LogP contribution in [0.15, 0.2) is 6.07 Å². The lowest BCUT2D eigenvalue weighted by Crippen LogP contribution is -2.46. The predicted molar refractivity (Wildman–Crippen MR) is 75.8 cm³/mol. The number of carbonyl (C=O) groups excluding carboxylic acids is 1. The van der Waals surface area contributed by atoms with Crippen LogP contribution < -0.4 is 16.3 Å². The molecule has 0 aliphatic heterocycles. The van der Waals surface area contributed by atoms with Crippen molar-refractivity contribution in [1.82, 2.24) is 5.01 Å². The van der Waals surface area contributed by atoms with Crippen LogP contribution in [0.1, 0.15) is 22.3 Å². The fourth-order valence-corrected chi connectivity index (χ4v) is 2.25. The molecular weight excluding hydrogens is 242 g/mol. The Morgan fingerprint density at radius 2 is 1.95 bits per heavy atom. The summed E-state index contributed by atoms with van der Waals surface area (Å²) in [7, 11) is 3.16. The first kappa shape index (κ1) is 15.5. The van der Waals surface area contributed by atoms with Gasteiger partial charge in [0.05, 0.1) is 13.2 Å². The van der Waals surface area contributed by atoms with Crippen molar-refractivity contribution in [2.45, 2.75) is 33.2 Å². The molecular formula is C14H23N3O2. The molecule has 0 aliphatic carbocycles. The number of ether oxygens (including phenoxy) is 1. The third-order valence-electron chi connectivity index (χ3n) is 3.44. The van der Waals surface area contributed by atoms with E-state index in [4.69, 9.17) is 16.3 Å². The van der Waals surface area contributed by atoms with Gasteiger partial charge in [-0.2, -0.15) is 0 Å². The van der Waals surface area contributed by atoms with Crippen molar-refractivity contribution in [2.75, 3.05) is 14.2 Å². The molecule has 0 spiro atoms. The van der Waals surface area contributed by atoms with Crippen LogP contribution in [-0.2, 0) is 11.2 Å². The summed E-state index contributed by atoms with van der Waals surface area (Å²) in [6.07, 6.45) is 0.470. The monoisotopic (exact) mass is 265 g/mol. The summed E-state index contributed by atoms with van der Waals surface area (Å²) < 4.78 is 5.38. The van der Waals surface area contributed by atoms with Gasteiger partial charge in [0.15, 0.2) is 0 Å². The van der Waals surface area contributed by atoms with Gasteiger partial charge in [-0.25, -0.2) is 5.84 Å². The second-order valence-corrected chi connectivity index (χ2v) is 4.90. The first-order valence-corrected chi connectivity index (χ1v) is 6.21. The summed E-state index contributed by atoms with van der Waals surface area (Å²) in [6, 6.07) is 1.39. The van der Waals surface area contributed by atoms with Crippen LogP contribution in [0.3, 0.4) is 0 Å². The zero-order valence-corrected chi connectivity index (χ0v) is 12.3. The van der Waals surface area contributed by atoms with E-state index >= 15 is 0 Å². The number of hydrogen-bond acceptors (Lipinski definition) is 4. The van der Waals surface area contributed by atoms with Gasteiger partial charge in [-0.15, -0.1) is 0 Å². The van der Waals surface area contributed by atoms with Gasteiger partial charge in [-0.3, -0.25) is 9.80 Å². The Morgan fingerprint density at radius 1 is 1.37 bits per heavy atom. The molecule has 1 amide bonds. The topological polar surface area (TPSA) is 81.6 Å². The van der Waals surface area contributed by atoms with Gasteiger partial charge >= 0.3 is 0 Å². The Bertz CT molecular complexity index is 484. The third kappa shape index (κ3) is 3.24. The molecule has 4 N–H and O–H groups in total. The molecule has 0 radical (unpaired) electrons. The highest BCUT2D eigenvalue weighted by Gasteiger charge is 2.19. The van der Waals surface area contributed by atoms with E-state index in [0.29, 0.717) is 6.42 Å². The molecule has 0 aromatic heterocycles. The maximum absolute atomic E-state index is 11.7. The average molecular weight is 265 g/mol. The second kappa shape index (κ2) is 6.04. The molecule has 1 atom stereocenters. The van der Waals surface area contributed by atoms with E-state index in [9.17, 15) is 4.79 Å². The number of nitrogens with two attached hydrogens (primary N) is 2. The highest BCUT2D eigenvalue weighted by molar-refractivity contribution is 5.81. The van der Waals surface area contributed by atoms with Crippen LogP contribution in [0, 0.1) is 20.8 Å². The van der Waals surface area contributed by atoms with E-state index in [2.05, 4.69) is 0 Å². The standard InChI is InChI=1S/C14H23N3O2/c1-8-6-11(7-12(15)14(18)17(4)16)9(2)10(3)13(8)19-5/h6,12H,7,15-16H2,1-5H3. The minimum absolute atomic E-state index is 0.273. The first-order valence-electron chi connectivity index (χ1n) is 6.21. The van der Waals surface area contributed by atoms with Gasteiger partial charge in [-0.1, -0.05) is 6.07 Å². The molecule has 1 rings (SSSR count). The second-order valence-electron chi connectivity index (χ2n) is 4.90. The predicted octanol–water partition coefficient (Wildman–Crippen LogP) is 0.822. The molecule has 0 saturated heterocycles. The molecule has 0 heterocycles. The Balaban J connectivity index is 3.06. The average Bonchev–Trinajstić information content (AvgIpc) is 2.35. The summed E-state index contributed by atoms with van der Waals surface area (Å²) in [5.41, 5.74) is 10.2. The lowest BCUT2D eigenvalue weighted by molar-refractivity contribution is -0.131. The minimum Gasteiger partial charge on any atom is -0.496 e. The van der Waals surface area contributed by atoms with Crippen LogP contribution in [0.2, 0.25) is 0 Å². The van der Waals surface area contributed by atoms with Gasteiger partial charge in [0.2, 0.25) is 0 Å². The Labute approximate surface area is 114 Å². The number of amides is 1. The number of aryl methyl sites for hydroxylation is 1. The number of hydrogen-bond donors (Lipinski definition) is 2. The number of carbonyl (C=O) groups is 1. The van der Waals surface area contributed by atoms with E-state index in [1.807, 2.05) is 26.8 Å². The lowest BCUT2D eigenvalue weighted by Gasteiger charge is -2.20. The highest BCUT2D eigenvalue weighted by atomic mass is 16.5. The molecule has 1 aromatic carbocycles. The zero-order chi connectivity index (χ0) is 14.7. The fraction of sp³-hybridized carbons (Fsp3) is 0.500. The van der Waals surface area contributed by atoms with Crippen LogP contribution >= 0.6 is 0 Å². The van der Waals surface area contributed by atoms with Gasteiger partial charge in [0, 0.05) is 7.05 Å². The maximum atomic E-state index is 11.7. The first-order chi connectivity index (χ1) is 8.79. The van der Waals surface area contributed by atoms with Gasteiger partial charge in [0.25, 0.3) is 5.91 Å². The quantitative estimate of drug-likeness (QED) is 0.480.